The van der Waals surface area contributed by atoms with Crippen LogP contribution in [0.1, 0.15) is 40.8 Å². The number of carbonyl (C=O) groups excluding carboxylic acids is 6. The van der Waals surface area contributed by atoms with Gasteiger partial charge in [-0.15, -0.1) is 22.0 Å². The summed E-state index contributed by atoms with van der Waals surface area (Å²) in [4.78, 5) is 85.3. The summed E-state index contributed by atoms with van der Waals surface area (Å²) in [6.45, 7) is 3.85. The highest BCUT2D eigenvalue weighted by Crippen LogP contribution is 2.47. The van der Waals surface area contributed by atoms with E-state index in [9.17, 15) is 34.0 Å². The van der Waals surface area contributed by atoms with E-state index in [2.05, 4.69) is 20.8 Å². The van der Waals surface area contributed by atoms with Gasteiger partial charge in [-0.25, -0.2) is 9.59 Å². The molecule has 0 aliphatic carbocycles. The summed E-state index contributed by atoms with van der Waals surface area (Å²) in [5.74, 6) is -4.02. The van der Waals surface area contributed by atoms with Gasteiger partial charge in [0.1, 0.15) is 22.1 Å². The smallest absolute Gasteiger partial charge is 0.356 e. The van der Waals surface area contributed by atoms with E-state index in [1.807, 2.05) is 73.1 Å². The highest BCUT2D eigenvalue weighted by atomic mass is 32.2. The van der Waals surface area contributed by atoms with Gasteiger partial charge in [0.15, 0.2) is 10.4 Å². The molecule has 16 nitrogen and oxygen atoms in total. The molecule has 58 heavy (non-hydrogen) atoms. The predicted octanol–water partition coefficient (Wildman–Crippen LogP) is 3.37. The summed E-state index contributed by atoms with van der Waals surface area (Å²) in [6, 6.07) is 23.9. The van der Waals surface area contributed by atoms with Crippen molar-refractivity contribution in [1.82, 2.24) is 41.0 Å². The molecular weight excluding hydrogens is 805 g/mol. The lowest BCUT2D eigenvalue weighted by Crippen LogP contribution is -2.85. The second kappa shape index (κ2) is 17.5. The van der Waals surface area contributed by atoms with Crippen molar-refractivity contribution in [2.75, 3.05) is 31.1 Å². The van der Waals surface area contributed by atoms with Crippen LogP contribution in [-0.4, -0.2) is 108 Å². The van der Waals surface area contributed by atoms with Crippen molar-refractivity contribution in [3.63, 3.8) is 0 Å². The molecule has 4 N–H and O–H groups in total. The average Bonchev–Trinajstić information content (AvgIpc) is 3.68. The highest BCUT2D eigenvalue weighted by molar-refractivity contribution is 8.01. The third-order valence-electron chi connectivity index (χ3n) is 9.75. The Hall–Kier alpha value is -5.60. The molecule has 1 unspecified atom stereocenters. The number of nitrogens with one attached hydrogen (secondary N) is 3. The highest BCUT2D eigenvalue weighted by Gasteiger charge is 2.66. The summed E-state index contributed by atoms with van der Waals surface area (Å²) in [5.41, 5.74) is 2.05. The second-order valence-corrected chi connectivity index (χ2v) is 16.8. The van der Waals surface area contributed by atoms with Crippen LogP contribution in [0, 0.1) is 6.92 Å². The number of hydrogen-bond acceptors (Lipinski definition) is 14. The van der Waals surface area contributed by atoms with Gasteiger partial charge in [-0.05, 0) is 36.1 Å². The number of aryl methyl sites for hydroxylation is 1. The Morgan fingerprint density at radius 1 is 0.914 bits per heavy atom. The Balaban J connectivity index is 1.18. The number of benzene rings is 3. The van der Waals surface area contributed by atoms with Crippen LogP contribution in [0.25, 0.3) is 0 Å². The number of thioether (sulfide) groups is 2. The first-order valence-electron chi connectivity index (χ1n) is 18.2. The number of amides is 6. The molecule has 3 atom stereocenters. The minimum atomic E-state index is -2.16. The minimum absolute atomic E-state index is 0.0400. The number of likely N-dealkylation sites (N-methyl/N-ethyl adjacent to an activating group) is 1. The molecule has 3 aromatic carbocycles. The maximum absolute atomic E-state index is 14.5. The van der Waals surface area contributed by atoms with Crippen LogP contribution in [0.4, 0.5) is 4.79 Å². The third kappa shape index (κ3) is 7.95. The summed E-state index contributed by atoms with van der Waals surface area (Å²) in [7, 11) is 0. The van der Waals surface area contributed by atoms with E-state index in [-0.39, 0.29) is 42.4 Å². The third-order valence-corrected chi connectivity index (χ3v) is 13.2. The number of carbonyl (C=O) groups is 6. The topological polar surface area (TPSA) is 203 Å². The molecule has 6 amide bonds. The van der Waals surface area contributed by atoms with Crippen LogP contribution in [0.3, 0.4) is 0 Å². The normalized spacial score (nSPS) is 19.8. The van der Waals surface area contributed by atoms with Gasteiger partial charge in [0.2, 0.25) is 11.6 Å². The lowest BCUT2D eigenvalue weighted by atomic mass is 9.94. The molecule has 3 aliphatic heterocycles. The molecule has 0 spiro atoms. The molecule has 19 heteroatoms. The molecule has 4 aromatic rings. The van der Waals surface area contributed by atoms with Gasteiger partial charge in [0.25, 0.3) is 5.91 Å². The van der Waals surface area contributed by atoms with Gasteiger partial charge >= 0.3 is 23.8 Å². The van der Waals surface area contributed by atoms with Crippen molar-refractivity contribution in [2.24, 2.45) is 0 Å². The molecule has 2 saturated heterocycles. The van der Waals surface area contributed by atoms with Gasteiger partial charge in [0.05, 0.1) is 0 Å². The quantitative estimate of drug-likeness (QED) is 0.0382. The number of urea groups is 1. The van der Waals surface area contributed by atoms with Gasteiger partial charge in [0, 0.05) is 31.1 Å². The molecule has 4 heterocycles. The molecule has 7 rings (SSSR count). The number of hydroxylamine groups is 1. The number of ether oxygens (including phenoxy) is 1. The molecular formula is C39H38N8O8S3. The first kappa shape index (κ1) is 40.6. The van der Waals surface area contributed by atoms with E-state index in [1.165, 1.54) is 44.7 Å². The average molecular weight is 843 g/mol. The number of piperazine rings is 1. The van der Waals surface area contributed by atoms with Gasteiger partial charge in [-0.2, -0.15) is 5.48 Å². The van der Waals surface area contributed by atoms with Gasteiger partial charge < -0.3 is 25.5 Å². The summed E-state index contributed by atoms with van der Waals surface area (Å²) in [5, 5.41) is 23.8. The maximum atomic E-state index is 14.5. The van der Waals surface area contributed by atoms with Crippen molar-refractivity contribution < 1.29 is 38.7 Å². The van der Waals surface area contributed by atoms with Crippen LogP contribution in [0.5, 0.6) is 0 Å². The van der Waals surface area contributed by atoms with Gasteiger partial charge in [-0.1, -0.05) is 114 Å². The molecule has 0 saturated carbocycles. The fourth-order valence-corrected chi connectivity index (χ4v) is 10.1. The first-order chi connectivity index (χ1) is 28.1. The van der Waals surface area contributed by atoms with Crippen molar-refractivity contribution >= 4 is 70.5 Å². The Morgan fingerprint density at radius 2 is 1.53 bits per heavy atom. The van der Waals surface area contributed by atoms with Crippen LogP contribution < -0.4 is 16.1 Å². The minimum Gasteiger partial charge on any atom is -0.448 e. The van der Waals surface area contributed by atoms with E-state index < -0.39 is 58.8 Å². The zero-order valence-corrected chi connectivity index (χ0v) is 33.6. The number of nitrogens with zero attached hydrogens (tertiary/aromatic N) is 5. The monoisotopic (exact) mass is 842 g/mol. The van der Waals surface area contributed by atoms with Crippen LogP contribution in [0.15, 0.2) is 107 Å². The van der Waals surface area contributed by atoms with E-state index in [1.54, 1.807) is 37.3 Å². The van der Waals surface area contributed by atoms with Crippen LogP contribution in [-0.2, 0) is 28.7 Å². The van der Waals surface area contributed by atoms with E-state index in [0.29, 0.717) is 21.0 Å². The van der Waals surface area contributed by atoms with Crippen molar-refractivity contribution in [3.05, 3.63) is 124 Å². The largest absolute Gasteiger partial charge is 0.448 e. The van der Waals surface area contributed by atoms with Crippen molar-refractivity contribution in [2.45, 2.75) is 41.4 Å². The molecule has 0 radical (unpaired) electrons. The van der Waals surface area contributed by atoms with Crippen LogP contribution in [0.2, 0.25) is 0 Å². The van der Waals surface area contributed by atoms with E-state index >= 15 is 0 Å². The lowest BCUT2D eigenvalue weighted by molar-refractivity contribution is -0.172. The fraction of sp³-hybridized carbons (Fsp3) is 0.282. The Labute approximate surface area is 345 Å². The van der Waals surface area contributed by atoms with Crippen LogP contribution >= 0.6 is 34.9 Å². The zero-order valence-electron chi connectivity index (χ0n) is 31.2. The summed E-state index contributed by atoms with van der Waals surface area (Å²) < 4.78 is 6.91. The Morgan fingerprint density at radius 3 is 2.10 bits per heavy atom. The maximum Gasteiger partial charge on any atom is 0.356 e. The standard InChI is InChI=1S/C39H38N8O8S3/c1-3-45-19-20-46(33(50)32(45)49)37(53)40-28(24-13-7-4-8-14-24)31(48)41-39(44-54)35(52)47-29(27(21-56-36(39)47)22-57-38-43-42-23(2)58-38)34(51)55-30(25-15-9-5-10-16-25)26-17-11-6-12-18-26/h4-18,28,30,36,44,54H,3,19-22H2,1-2H3,(H,40,53)(H,41,48)/t28?,36-,39-/m0/s1. The molecule has 0 bridgehead atoms. The molecule has 3 aliphatic rings. The molecule has 1 aromatic heterocycles. The van der Waals surface area contributed by atoms with Crippen molar-refractivity contribution in [1.29, 1.82) is 0 Å². The molecule has 2 fully saturated rings. The van der Waals surface area contributed by atoms with Gasteiger partial charge in [-0.3, -0.25) is 29.0 Å². The number of β-lactam (4-membered cyclic amide) rings is 1. The Bertz CT molecular complexity index is 2210. The van der Waals surface area contributed by atoms with E-state index in [4.69, 9.17) is 4.74 Å². The number of imide groups is 1. The summed E-state index contributed by atoms with van der Waals surface area (Å²) in [6.07, 6.45) is -0.839. The predicted molar refractivity (Wildman–Crippen MR) is 214 cm³/mol. The number of hydrogen-bond donors (Lipinski definition) is 4. The Kier molecular flexibility index (Phi) is 12.2. The fourth-order valence-electron chi connectivity index (χ4n) is 6.78. The summed E-state index contributed by atoms with van der Waals surface area (Å²) >= 11 is 3.93. The first-order valence-corrected chi connectivity index (χ1v) is 21.0. The SMILES string of the molecule is CCN1CCN(C(=O)NC(C(=O)N[C@]2(NO)C(=O)N3C(C(=O)OC(c4ccccc4)c4ccccc4)=C(CSc4nnc(C)s4)CS[C@H]32)c2ccccc2)C(=O)C1=O. The number of esters is 1. The van der Waals surface area contributed by atoms with E-state index in [0.717, 1.165) is 9.91 Å². The molecule has 300 valence electrons. The number of rotatable bonds is 13. The number of aromatic nitrogens is 2. The number of fused-ring (bicyclic) bond motifs is 1. The zero-order chi connectivity index (χ0) is 41.0. The second-order valence-electron chi connectivity index (χ2n) is 13.3. The van der Waals surface area contributed by atoms with Crippen molar-refractivity contribution in [3.8, 4) is 0 Å². The lowest BCUT2D eigenvalue weighted by Gasteiger charge is -2.56.